The molecule has 1 saturated carbocycles. The van der Waals surface area contributed by atoms with Crippen LogP contribution in [0.2, 0.25) is 0 Å². The number of hydrogen-bond donors (Lipinski definition) is 1. The van der Waals surface area contributed by atoms with Crippen molar-refractivity contribution >= 4 is 22.8 Å². The highest BCUT2D eigenvalue weighted by atomic mass is 32.1. The maximum Gasteiger partial charge on any atom is 0.278 e. The maximum absolute atomic E-state index is 13.1. The van der Waals surface area contributed by atoms with Gasteiger partial charge < -0.3 is 10.1 Å². The van der Waals surface area contributed by atoms with Crippen molar-refractivity contribution in [2.24, 2.45) is 5.92 Å². The van der Waals surface area contributed by atoms with Gasteiger partial charge in [-0.3, -0.25) is 9.69 Å². The van der Waals surface area contributed by atoms with E-state index in [4.69, 9.17) is 4.74 Å². The lowest BCUT2D eigenvalue weighted by Crippen LogP contribution is -2.38. The van der Waals surface area contributed by atoms with Crippen LogP contribution in [0.15, 0.2) is 30.6 Å². The zero-order valence-electron chi connectivity index (χ0n) is 19.9. The average Bonchev–Trinajstić information content (AvgIpc) is 3.45. The van der Waals surface area contributed by atoms with Crippen LogP contribution in [0.4, 0.5) is 8.78 Å². The van der Waals surface area contributed by atoms with Gasteiger partial charge in [-0.25, -0.2) is 18.3 Å². The Morgan fingerprint density at radius 3 is 2.91 bits per heavy atom. The molecule has 0 spiro atoms. The van der Waals surface area contributed by atoms with Crippen LogP contribution in [0, 0.1) is 5.92 Å². The fourth-order valence-electron chi connectivity index (χ4n) is 5.03. The number of carbonyl (C=O) groups is 1. The minimum atomic E-state index is -2.85. The molecule has 7 nitrogen and oxygen atoms in total. The minimum Gasteiger partial charge on any atom is -0.464 e. The van der Waals surface area contributed by atoms with E-state index in [0.717, 1.165) is 81.2 Å². The number of alkyl halides is 2. The number of carbonyl (C=O) groups excluding carboxylic acids is 1. The van der Waals surface area contributed by atoms with Crippen LogP contribution < -0.4 is 10.1 Å². The van der Waals surface area contributed by atoms with Gasteiger partial charge in [0.15, 0.2) is 6.61 Å². The second-order valence-corrected chi connectivity index (χ2v) is 10.8. The molecule has 188 valence electrons. The van der Waals surface area contributed by atoms with E-state index in [1.165, 1.54) is 11.3 Å². The third-order valence-corrected chi connectivity index (χ3v) is 8.02. The molecular formula is C25H31F2N5O2S. The van der Waals surface area contributed by atoms with Crippen molar-refractivity contribution in [3.8, 4) is 5.19 Å². The first-order valence-electron chi connectivity index (χ1n) is 12.3. The first-order valence-corrected chi connectivity index (χ1v) is 13.1. The molecule has 10 heteroatoms. The van der Waals surface area contributed by atoms with Gasteiger partial charge in [0.05, 0.1) is 16.8 Å². The van der Waals surface area contributed by atoms with Crippen LogP contribution >= 0.6 is 11.3 Å². The van der Waals surface area contributed by atoms with E-state index in [1.54, 1.807) is 10.7 Å². The highest BCUT2D eigenvalue weighted by Crippen LogP contribution is 2.32. The molecule has 5 rings (SSSR count). The molecular weight excluding hydrogens is 472 g/mol. The van der Waals surface area contributed by atoms with Gasteiger partial charge in [-0.1, -0.05) is 11.3 Å². The summed E-state index contributed by atoms with van der Waals surface area (Å²) >= 11 is 1.40. The lowest BCUT2D eigenvalue weighted by Gasteiger charge is -2.32. The standard InChI is InChI=1S/C25H31F2N5O2S/c1-25(26,27)16-34-24-30-20-15-31(13-10-22(20)35-24)12-8-17-4-6-18(7-5-17)29-23(33)19-9-14-32-21(19)3-2-11-28-32/h2-3,9,11,14,17-18H,4-8,10,12-13,15-16H2,1H3,(H,29,33). The van der Waals surface area contributed by atoms with Crippen molar-refractivity contribution in [2.75, 3.05) is 19.7 Å². The van der Waals surface area contributed by atoms with Gasteiger partial charge in [-0.05, 0) is 69.2 Å². The fraction of sp³-hybridized carbons (Fsp3) is 0.560. The van der Waals surface area contributed by atoms with E-state index in [9.17, 15) is 13.6 Å². The van der Waals surface area contributed by atoms with Crippen LogP contribution in [0.5, 0.6) is 5.19 Å². The summed E-state index contributed by atoms with van der Waals surface area (Å²) in [4.78, 5) is 20.8. The topological polar surface area (TPSA) is 71.8 Å². The Hall–Kier alpha value is -2.59. The van der Waals surface area contributed by atoms with Gasteiger partial charge in [0.2, 0.25) is 0 Å². The van der Waals surface area contributed by atoms with Crippen LogP contribution in [-0.2, 0) is 13.0 Å². The molecule has 0 bridgehead atoms. The van der Waals surface area contributed by atoms with Gasteiger partial charge in [0, 0.05) is 43.3 Å². The first kappa shape index (κ1) is 24.1. The smallest absolute Gasteiger partial charge is 0.278 e. The number of nitrogens with zero attached hydrogens (tertiary/aromatic N) is 4. The molecule has 0 unspecified atom stereocenters. The summed E-state index contributed by atoms with van der Waals surface area (Å²) in [6, 6.07) is 5.79. The highest BCUT2D eigenvalue weighted by molar-refractivity contribution is 7.13. The number of aromatic nitrogens is 3. The first-order chi connectivity index (χ1) is 16.8. The fourth-order valence-corrected chi connectivity index (χ4v) is 5.94. The van der Waals surface area contributed by atoms with Crippen molar-refractivity contribution in [1.82, 2.24) is 24.8 Å². The van der Waals surface area contributed by atoms with E-state index in [-0.39, 0.29) is 11.9 Å². The molecule has 1 N–H and O–H groups in total. The molecule has 4 heterocycles. The van der Waals surface area contributed by atoms with E-state index in [0.29, 0.717) is 16.7 Å². The summed E-state index contributed by atoms with van der Waals surface area (Å²) in [5, 5.41) is 7.79. The molecule has 3 aromatic rings. The second-order valence-electron chi connectivity index (χ2n) is 9.80. The third-order valence-electron chi connectivity index (χ3n) is 6.95. The molecule has 1 amide bonds. The second kappa shape index (κ2) is 10.2. The summed E-state index contributed by atoms with van der Waals surface area (Å²) in [6.45, 7) is 2.94. The Labute approximate surface area is 207 Å². The number of rotatable bonds is 8. The molecule has 3 aromatic heterocycles. The summed E-state index contributed by atoms with van der Waals surface area (Å²) < 4.78 is 33.0. The number of nitrogens with one attached hydrogen (secondary N) is 1. The number of fused-ring (bicyclic) bond motifs is 2. The molecule has 2 aliphatic rings. The third kappa shape index (κ3) is 5.98. The Balaban J connectivity index is 1.05. The molecule has 1 aliphatic heterocycles. The Kier molecular flexibility index (Phi) is 7.02. The molecule has 1 fully saturated rings. The van der Waals surface area contributed by atoms with E-state index >= 15 is 0 Å². The number of ether oxygens (including phenoxy) is 1. The summed E-state index contributed by atoms with van der Waals surface area (Å²) in [5.74, 6) is -2.22. The van der Waals surface area contributed by atoms with Crippen molar-refractivity contribution in [3.05, 3.63) is 46.7 Å². The molecule has 0 radical (unpaired) electrons. The van der Waals surface area contributed by atoms with Crippen molar-refractivity contribution in [1.29, 1.82) is 0 Å². The normalized spacial score (nSPS) is 21.1. The molecule has 35 heavy (non-hydrogen) atoms. The molecule has 1 aliphatic carbocycles. The van der Waals surface area contributed by atoms with Gasteiger partial charge in [-0.2, -0.15) is 5.10 Å². The number of halogens is 2. The lowest BCUT2D eigenvalue weighted by molar-refractivity contribution is -0.0230. The molecule has 0 aromatic carbocycles. The summed E-state index contributed by atoms with van der Waals surface area (Å²) in [6.07, 6.45) is 9.76. The van der Waals surface area contributed by atoms with Crippen molar-refractivity contribution < 1.29 is 18.3 Å². The maximum atomic E-state index is 13.1. The van der Waals surface area contributed by atoms with E-state index in [2.05, 4.69) is 20.3 Å². The van der Waals surface area contributed by atoms with Crippen LogP contribution in [0.3, 0.4) is 0 Å². The number of amides is 1. The van der Waals surface area contributed by atoms with E-state index < -0.39 is 12.5 Å². The number of hydrogen-bond acceptors (Lipinski definition) is 6. The summed E-state index contributed by atoms with van der Waals surface area (Å²) in [5.41, 5.74) is 2.46. The quantitative estimate of drug-likeness (QED) is 0.488. The summed E-state index contributed by atoms with van der Waals surface area (Å²) in [7, 11) is 0. The average molecular weight is 504 g/mol. The lowest BCUT2D eigenvalue weighted by atomic mass is 9.84. The van der Waals surface area contributed by atoms with Gasteiger partial charge >= 0.3 is 0 Å². The van der Waals surface area contributed by atoms with Crippen LogP contribution in [-0.4, -0.2) is 57.1 Å². The molecule has 0 saturated heterocycles. The van der Waals surface area contributed by atoms with Crippen LogP contribution in [0.25, 0.3) is 5.52 Å². The zero-order valence-corrected chi connectivity index (χ0v) is 20.7. The van der Waals surface area contributed by atoms with Gasteiger partial charge in [-0.15, -0.1) is 0 Å². The number of thiazole rings is 1. The van der Waals surface area contributed by atoms with Gasteiger partial charge in [0.25, 0.3) is 17.0 Å². The SMILES string of the molecule is CC(F)(F)COc1nc2c(s1)CCN(CCC1CCC(NC(=O)c3ccn4ncccc34)CC1)C2. The Morgan fingerprint density at radius 2 is 2.11 bits per heavy atom. The van der Waals surface area contributed by atoms with E-state index in [1.807, 2.05) is 24.4 Å². The van der Waals surface area contributed by atoms with Crippen molar-refractivity contribution in [3.63, 3.8) is 0 Å². The predicted octanol–water partition coefficient (Wildman–Crippen LogP) is 4.56. The van der Waals surface area contributed by atoms with Crippen molar-refractivity contribution in [2.45, 2.75) is 64.0 Å². The predicted molar refractivity (Wildman–Crippen MR) is 130 cm³/mol. The van der Waals surface area contributed by atoms with Crippen LogP contribution in [0.1, 0.15) is 60.0 Å². The Morgan fingerprint density at radius 1 is 1.29 bits per heavy atom. The zero-order chi connectivity index (χ0) is 24.4. The Bertz CT molecular complexity index is 1170. The monoisotopic (exact) mass is 503 g/mol. The largest absolute Gasteiger partial charge is 0.464 e. The van der Waals surface area contributed by atoms with Gasteiger partial charge in [0.1, 0.15) is 0 Å². The minimum absolute atomic E-state index is 0.0256. The highest BCUT2D eigenvalue weighted by Gasteiger charge is 2.27. The molecule has 0 atom stereocenters.